The molecule has 1 aliphatic carbocycles. The molecule has 1 saturated carbocycles. The van der Waals surface area contributed by atoms with Gasteiger partial charge in [-0.2, -0.15) is 5.26 Å². The normalized spacial score (nSPS) is 24.5. The van der Waals surface area contributed by atoms with E-state index in [0.29, 0.717) is 56.1 Å². The zero-order valence-corrected chi connectivity index (χ0v) is 29.8. The van der Waals surface area contributed by atoms with Crippen molar-refractivity contribution in [1.82, 2.24) is 14.7 Å². The monoisotopic (exact) mass is 695 g/mol. The number of hydrogen-bond donors (Lipinski definition) is 0. The zero-order valence-electron chi connectivity index (χ0n) is 29.8. The second-order valence-electron chi connectivity index (χ2n) is 15.3. The van der Waals surface area contributed by atoms with Crippen LogP contribution in [0.4, 0.5) is 18.9 Å². The van der Waals surface area contributed by atoms with E-state index in [1.165, 1.54) is 13.2 Å². The summed E-state index contributed by atoms with van der Waals surface area (Å²) in [6.07, 6.45) is 4.95. The van der Waals surface area contributed by atoms with Gasteiger partial charge in [-0.05, 0) is 100 Å². The molecular formula is C39H52F3N5O3. The summed E-state index contributed by atoms with van der Waals surface area (Å²) < 4.78 is 57.7. The predicted octanol–water partition coefficient (Wildman–Crippen LogP) is 5.39. The summed E-state index contributed by atoms with van der Waals surface area (Å²) in [4.78, 5) is 20.9. The van der Waals surface area contributed by atoms with Crippen molar-refractivity contribution in [3.8, 4) is 6.07 Å². The molecule has 3 heterocycles. The van der Waals surface area contributed by atoms with Gasteiger partial charge in [0.1, 0.15) is 5.82 Å². The van der Waals surface area contributed by atoms with E-state index < -0.39 is 16.9 Å². The number of anilines is 1. The van der Waals surface area contributed by atoms with Crippen LogP contribution in [0.1, 0.15) is 55.2 Å². The molecule has 272 valence electrons. The van der Waals surface area contributed by atoms with Crippen LogP contribution in [0.2, 0.25) is 0 Å². The molecule has 3 saturated heterocycles. The van der Waals surface area contributed by atoms with Crippen molar-refractivity contribution < 1.29 is 27.4 Å². The summed E-state index contributed by atoms with van der Waals surface area (Å²) in [6.45, 7) is 5.87. The minimum absolute atomic E-state index is 0.0959. The van der Waals surface area contributed by atoms with Crippen molar-refractivity contribution in [3.63, 3.8) is 0 Å². The van der Waals surface area contributed by atoms with Gasteiger partial charge in [0, 0.05) is 50.1 Å². The van der Waals surface area contributed by atoms with Gasteiger partial charge in [-0.25, -0.2) is 13.2 Å². The summed E-state index contributed by atoms with van der Waals surface area (Å²) in [6, 6.07) is 12.4. The first-order valence-electron chi connectivity index (χ1n) is 18.2. The van der Waals surface area contributed by atoms with Crippen molar-refractivity contribution in [2.45, 2.75) is 56.2 Å². The van der Waals surface area contributed by atoms with Crippen LogP contribution in [0, 0.1) is 40.7 Å². The largest absolute Gasteiger partial charge is 0.469 e. The Morgan fingerprint density at radius 2 is 1.80 bits per heavy atom. The molecule has 2 aromatic rings. The van der Waals surface area contributed by atoms with Gasteiger partial charge in [0.05, 0.1) is 50.7 Å². The van der Waals surface area contributed by atoms with Crippen LogP contribution < -0.4 is 4.90 Å². The average Bonchev–Trinajstić information content (AvgIpc) is 3.56. The highest BCUT2D eigenvalue weighted by atomic mass is 19.1. The molecule has 0 amide bonds. The lowest BCUT2D eigenvalue weighted by Crippen LogP contribution is -2.65. The molecule has 2 aromatic carbocycles. The highest BCUT2D eigenvalue weighted by Gasteiger charge is 2.53. The van der Waals surface area contributed by atoms with Crippen LogP contribution in [0.3, 0.4) is 0 Å². The van der Waals surface area contributed by atoms with Crippen molar-refractivity contribution in [1.29, 1.82) is 5.26 Å². The maximum Gasteiger partial charge on any atom is 0.305 e. The highest BCUT2D eigenvalue weighted by molar-refractivity contribution is 5.69. The number of ether oxygens (including phenoxy) is 2. The molecule has 6 rings (SSSR count). The first-order chi connectivity index (χ1) is 24.0. The van der Waals surface area contributed by atoms with Gasteiger partial charge in [0.15, 0.2) is 11.5 Å². The van der Waals surface area contributed by atoms with Crippen LogP contribution in [0.5, 0.6) is 0 Å². The number of nitriles is 1. The summed E-state index contributed by atoms with van der Waals surface area (Å²) >= 11 is 0. The van der Waals surface area contributed by atoms with E-state index in [9.17, 15) is 10.1 Å². The van der Waals surface area contributed by atoms with E-state index in [2.05, 4.69) is 21.9 Å². The van der Waals surface area contributed by atoms with Gasteiger partial charge in [-0.1, -0.05) is 18.6 Å². The number of likely N-dealkylation sites (tertiary alicyclic amines) is 1. The fraction of sp³-hybridized carbons (Fsp3) is 0.641. The molecule has 0 radical (unpaired) electrons. The van der Waals surface area contributed by atoms with E-state index in [1.807, 2.05) is 25.1 Å². The molecule has 0 unspecified atom stereocenters. The van der Waals surface area contributed by atoms with Crippen LogP contribution >= 0.6 is 0 Å². The summed E-state index contributed by atoms with van der Waals surface area (Å²) in [5, 5.41) is 9.51. The topological polar surface area (TPSA) is 72.3 Å². The Bertz CT molecular complexity index is 1530. The molecule has 0 spiro atoms. The number of hydrogen-bond acceptors (Lipinski definition) is 8. The van der Waals surface area contributed by atoms with Crippen molar-refractivity contribution in [3.05, 3.63) is 64.7 Å². The Morgan fingerprint density at radius 1 is 1.06 bits per heavy atom. The third-order valence-corrected chi connectivity index (χ3v) is 11.9. The smallest absolute Gasteiger partial charge is 0.305 e. The van der Waals surface area contributed by atoms with Gasteiger partial charge in [0.25, 0.3) is 0 Å². The number of carbonyl (C=O) groups is 1. The lowest BCUT2D eigenvalue weighted by Gasteiger charge is -2.54. The third-order valence-electron chi connectivity index (χ3n) is 11.9. The quantitative estimate of drug-likeness (QED) is 0.274. The molecule has 4 fully saturated rings. The standard InChI is InChI=1S/C39H52F3N5O3/c1-44(2)23-33-29(22-43)10-11-35(37(33)41)47-25-38(42,26-47)24-45-14-12-30(13-15-45)39(27-46-16-18-50-19-17-46,31-7-5-8-32(40)21-31)34-9-4-6-28(34)20-36(48)49-3/h5,7-8,10-11,21,28,30,34H,4,6,9,12-20,23-27H2,1-3H3/t28-,34+,39+/m1/s1. The van der Waals surface area contributed by atoms with E-state index in [0.717, 1.165) is 57.3 Å². The van der Waals surface area contributed by atoms with Crippen molar-refractivity contribution in [2.24, 2.45) is 17.8 Å². The predicted molar refractivity (Wildman–Crippen MR) is 187 cm³/mol. The first-order valence-corrected chi connectivity index (χ1v) is 18.2. The fourth-order valence-electron chi connectivity index (χ4n) is 9.60. The fourth-order valence-corrected chi connectivity index (χ4v) is 9.60. The molecule has 0 bridgehead atoms. The van der Waals surface area contributed by atoms with E-state index in [-0.39, 0.29) is 49.2 Å². The van der Waals surface area contributed by atoms with Crippen molar-refractivity contribution >= 4 is 11.7 Å². The summed E-state index contributed by atoms with van der Waals surface area (Å²) in [7, 11) is 5.09. The number of piperidine rings is 1. The number of carbonyl (C=O) groups excluding carboxylic acids is 1. The Hall–Kier alpha value is -3.17. The summed E-state index contributed by atoms with van der Waals surface area (Å²) in [5.74, 6) is -0.380. The van der Waals surface area contributed by atoms with Crippen molar-refractivity contribution in [2.75, 3.05) is 91.7 Å². The molecule has 0 N–H and O–H groups in total. The second kappa shape index (κ2) is 15.6. The zero-order chi connectivity index (χ0) is 35.5. The minimum atomic E-state index is -1.47. The van der Waals surface area contributed by atoms with Gasteiger partial charge in [0.2, 0.25) is 0 Å². The number of rotatable bonds is 12. The minimum Gasteiger partial charge on any atom is -0.469 e. The number of alkyl halides is 1. The number of nitrogens with zero attached hydrogens (tertiary/aromatic N) is 5. The van der Waals surface area contributed by atoms with E-state index >= 15 is 13.2 Å². The van der Waals surface area contributed by atoms with E-state index in [4.69, 9.17) is 9.47 Å². The van der Waals surface area contributed by atoms with Crippen LogP contribution in [0.25, 0.3) is 0 Å². The Labute approximate surface area is 295 Å². The number of benzene rings is 2. The molecule has 8 nitrogen and oxygen atoms in total. The molecular weight excluding hydrogens is 643 g/mol. The van der Waals surface area contributed by atoms with Gasteiger partial charge >= 0.3 is 5.97 Å². The Morgan fingerprint density at radius 3 is 2.46 bits per heavy atom. The third kappa shape index (κ3) is 7.69. The average molecular weight is 696 g/mol. The Kier molecular flexibility index (Phi) is 11.4. The number of halogens is 3. The van der Waals surface area contributed by atoms with Crippen LogP contribution in [0.15, 0.2) is 36.4 Å². The molecule has 50 heavy (non-hydrogen) atoms. The number of methoxy groups -OCH3 is 1. The molecule has 3 atom stereocenters. The highest BCUT2D eigenvalue weighted by Crippen LogP contribution is 2.54. The van der Waals surface area contributed by atoms with Gasteiger partial charge in [-0.3, -0.25) is 14.6 Å². The SMILES string of the molecule is COC(=O)C[C@H]1CCC[C@@H]1[C@](CN1CCOCC1)(c1cccc(F)c1)C1CCN(CC2(F)CN(c3ccc(C#N)c(CN(C)C)c3F)C2)CC1. The van der Waals surface area contributed by atoms with Gasteiger partial charge in [-0.15, -0.1) is 0 Å². The number of morpholine rings is 1. The van der Waals surface area contributed by atoms with Crippen LogP contribution in [-0.4, -0.2) is 113 Å². The lowest BCUT2D eigenvalue weighted by molar-refractivity contribution is -0.142. The molecule has 11 heteroatoms. The maximum absolute atomic E-state index is 16.2. The van der Waals surface area contributed by atoms with Crippen LogP contribution in [-0.2, 0) is 26.2 Å². The maximum atomic E-state index is 16.2. The van der Waals surface area contributed by atoms with Gasteiger partial charge < -0.3 is 19.3 Å². The summed E-state index contributed by atoms with van der Waals surface area (Å²) in [5.41, 5.74) is 0.112. The molecule has 4 aliphatic rings. The molecule has 0 aromatic heterocycles. The number of esters is 1. The van der Waals surface area contributed by atoms with E-state index in [1.54, 1.807) is 23.1 Å². The first kappa shape index (κ1) is 36.6. The molecule has 3 aliphatic heterocycles. The Balaban J connectivity index is 1.20. The lowest BCUT2D eigenvalue weighted by atomic mass is 9.56. The second-order valence-corrected chi connectivity index (χ2v) is 15.3.